The first-order valence-electron chi connectivity index (χ1n) is 7.81. The normalized spacial score (nSPS) is 11.0. The number of nitrogens with zero attached hydrogens (tertiary/aromatic N) is 4. The minimum Gasteiger partial charge on any atom is -0.452 e. The summed E-state index contributed by atoms with van der Waals surface area (Å²) in [4.78, 5) is 20.8. The molecule has 6 nitrogen and oxygen atoms in total. The van der Waals surface area contributed by atoms with Crippen molar-refractivity contribution in [1.82, 2.24) is 19.7 Å². The van der Waals surface area contributed by atoms with Gasteiger partial charge in [-0.15, -0.1) is 16.4 Å². The number of carbonyl (C=O) groups excluding carboxylic acids is 1. The van der Waals surface area contributed by atoms with Gasteiger partial charge in [0.1, 0.15) is 23.3 Å². The van der Waals surface area contributed by atoms with Crippen molar-refractivity contribution in [2.45, 2.75) is 13.5 Å². The number of halogens is 1. The second-order valence-corrected chi connectivity index (χ2v) is 6.64. The van der Waals surface area contributed by atoms with Crippen LogP contribution in [0.1, 0.15) is 21.5 Å². The van der Waals surface area contributed by atoms with Gasteiger partial charge in [0.25, 0.3) is 5.82 Å². The van der Waals surface area contributed by atoms with Crippen LogP contribution in [-0.2, 0) is 11.3 Å². The third kappa shape index (κ3) is 3.18. The highest BCUT2D eigenvalue weighted by Gasteiger charge is 2.17. The smallest absolute Gasteiger partial charge is 0.378 e. The second kappa shape index (κ2) is 6.64. The SMILES string of the molecule is Cc1nc(C(=O)OCc2nc3ccccc3s2)nn1-c1ccc(F)cc1. The summed E-state index contributed by atoms with van der Waals surface area (Å²) in [6, 6.07) is 13.5. The highest BCUT2D eigenvalue weighted by atomic mass is 32.1. The van der Waals surface area contributed by atoms with Crippen molar-refractivity contribution in [1.29, 1.82) is 0 Å². The topological polar surface area (TPSA) is 69.9 Å². The van der Waals surface area contributed by atoms with Crippen molar-refractivity contribution in [3.05, 3.63) is 71.0 Å². The summed E-state index contributed by atoms with van der Waals surface area (Å²) in [6.45, 7) is 1.77. The molecular weight excluding hydrogens is 355 g/mol. The Bertz CT molecular complexity index is 1060. The molecule has 26 heavy (non-hydrogen) atoms. The molecular formula is C18H13FN4O2S. The van der Waals surface area contributed by atoms with Crippen molar-refractivity contribution >= 4 is 27.5 Å². The minimum absolute atomic E-state index is 0.0482. The summed E-state index contributed by atoms with van der Waals surface area (Å²) in [5, 5.41) is 4.86. The Hall–Kier alpha value is -3.13. The minimum atomic E-state index is -0.631. The fourth-order valence-electron chi connectivity index (χ4n) is 2.48. The highest BCUT2D eigenvalue weighted by Crippen LogP contribution is 2.22. The lowest BCUT2D eigenvalue weighted by atomic mass is 10.3. The van der Waals surface area contributed by atoms with Gasteiger partial charge in [-0.3, -0.25) is 0 Å². The maximum absolute atomic E-state index is 13.1. The Morgan fingerprint density at radius 2 is 1.92 bits per heavy atom. The molecule has 2 aromatic heterocycles. The van der Waals surface area contributed by atoms with Gasteiger partial charge in [0.15, 0.2) is 0 Å². The van der Waals surface area contributed by atoms with Crippen LogP contribution in [-0.4, -0.2) is 25.7 Å². The summed E-state index contributed by atoms with van der Waals surface area (Å²) in [7, 11) is 0. The van der Waals surface area contributed by atoms with E-state index in [2.05, 4.69) is 15.1 Å². The molecule has 0 unspecified atom stereocenters. The van der Waals surface area contributed by atoms with Crippen LogP contribution in [0, 0.1) is 12.7 Å². The molecule has 0 atom stereocenters. The van der Waals surface area contributed by atoms with E-state index < -0.39 is 5.97 Å². The molecule has 0 saturated carbocycles. The van der Waals surface area contributed by atoms with Gasteiger partial charge in [0.05, 0.1) is 15.9 Å². The summed E-state index contributed by atoms with van der Waals surface area (Å²) in [5.41, 5.74) is 1.49. The van der Waals surface area contributed by atoms with Crippen LogP contribution in [0.5, 0.6) is 0 Å². The second-order valence-electron chi connectivity index (χ2n) is 5.52. The third-order valence-electron chi connectivity index (χ3n) is 3.69. The van der Waals surface area contributed by atoms with E-state index in [1.54, 1.807) is 19.1 Å². The van der Waals surface area contributed by atoms with E-state index in [1.165, 1.54) is 28.2 Å². The summed E-state index contributed by atoms with van der Waals surface area (Å²) >= 11 is 1.47. The van der Waals surface area contributed by atoms with Gasteiger partial charge >= 0.3 is 5.97 Å². The monoisotopic (exact) mass is 368 g/mol. The molecule has 0 aliphatic carbocycles. The first kappa shape index (κ1) is 16.3. The number of aryl methyl sites for hydroxylation is 1. The molecule has 130 valence electrons. The fraction of sp³-hybridized carbons (Fsp3) is 0.111. The average Bonchev–Trinajstić information content (AvgIpc) is 3.23. The number of thiazole rings is 1. The third-order valence-corrected chi connectivity index (χ3v) is 4.70. The first-order chi connectivity index (χ1) is 12.6. The zero-order valence-corrected chi connectivity index (χ0v) is 14.5. The van der Waals surface area contributed by atoms with Gasteiger partial charge in [-0.25, -0.2) is 23.8 Å². The van der Waals surface area contributed by atoms with Crippen molar-refractivity contribution in [3.8, 4) is 5.69 Å². The number of rotatable bonds is 4. The Morgan fingerprint density at radius 3 is 2.69 bits per heavy atom. The van der Waals surface area contributed by atoms with Crippen LogP contribution in [0.2, 0.25) is 0 Å². The molecule has 0 amide bonds. The first-order valence-corrected chi connectivity index (χ1v) is 8.63. The van der Waals surface area contributed by atoms with Gasteiger partial charge in [-0.05, 0) is 43.3 Å². The van der Waals surface area contributed by atoms with Crippen molar-refractivity contribution in [2.75, 3.05) is 0 Å². The van der Waals surface area contributed by atoms with Gasteiger partial charge in [-0.2, -0.15) is 0 Å². The molecule has 2 heterocycles. The van der Waals surface area contributed by atoms with E-state index in [4.69, 9.17) is 4.74 Å². The maximum Gasteiger partial charge on any atom is 0.378 e. The summed E-state index contributed by atoms with van der Waals surface area (Å²) < 4.78 is 20.8. The standard InChI is InChI=1S/C18H13FN4O2S/c1-11-20-17(22-23(11)13-8-6-12(19)7-9-13)18(24)25-10-16-21-14-4-2-3-5-15(14)26-16/h2-9H,10H2,1H3. The maximum atomic E-state index is 13.1. The molecule has 0 aliphatic rings. The molecule has 4 rings (SSSR count). The lowest BCUT2D eigenvalue weighted by Crippen LogP contribution is -2.08. The van der Waals surface area contributed by atoms with Crippen LogP contribution in [0.3, 0.4) is 0 Å². The van der Waals surface area contributed by atoms with Gasteiger partial charge in [-0.1, -0.05) is 12.1 Å². The number of fused-ring (bicyclic) bond motifs is 1. The quantitative estimate of drug-likeness (QED) is 0.514. The average molecular weight is 368 g/mol. The number of ether oxygens (including phenoxy) is 1. The van der Waals surface area contributed by atoms with Crippen LogP contribution < -0.4 is 0 Å². The molecule has 0 aliphatic heterocycles. The predicted octanol–water partition coefficient (Wildman–Crippen LogP) is 3.68. The lowest BCUT2D eigenvalue weighted by molar-refractivity contribution is 0.0458. The van der Waals surface area contributed by atoms with Gasteiger partial charge < -0.3 is 4.74 Å². The number of para-hydroxylation sites is 1. The Morgan fingerprint density at radius 1 is 1.15 bits per heavy atom. The number of carbonyl (C=O) groups is 1. The van der Waals surface area contributed by atoms with E-state index in [9.17, 15) is 9.18 Å². The summed E-state index contributed by atoms with van der Waals surface area (Å²) in [6.07, 6.45) is 0. The molecule has 0 bridgehead atoms. The molecule has 4 aromatic rings. The Labute approximate surface area is 151 Å². The molecule has 0 fully saturated rings. The van der Waals surface area contributed by atoms with Crippen molar-refractivity contribution < 1.29 is 13.9 Å². The van der Waals surface area contributed by atoms with Crippen LogP contribution in [0.15, 0.2) is 48.5 Å². The van der Waals surface area contributed by atoms with E-state index in [1.807, 2.05) is 24.3 Å². The van der Waals surface area contributed by atoms with Crippen LogP contribution in [0.4, 0.5) is 4.39 Å². The van der Waals surface area contributed by atoms with E-state index >= 15 is 0 Å². The number of aromatic nitrogens is 4. The van der Waals surface area contributed by atoms with Crippen molar-refractivity contribution in [2.24, 2.45) is 0 Å². The number of hydrogen-bond donors (Lipinski definition) is 0. The molecule has 0 N–H and O–H groups in total. The van der Waals surface area contributed by atoms with Crippen LogP contribution in [0.25, 0.3) is 15.9 Å². The highest BCUT2D eigenvalue weighted by molar-refractivity contribution is 7.18. The zero-order chi connectivity index (χ0) is 18.1. The Balaban J connectivity index is 1.49. The van der Waals surface area contributed by atoms with E-state index in [0.29, 0.717) is 16.5 Å². The van der Waals surface area contributed by atoms with Crippen molar-refractivity contribution in [3.63, 3.8) is 0 Å². The number of esters is 1. The molecule has 2 aromatic carbocycles. The van der Waals surface area contributed by atoms with Gasteiger partial charge in [0.2, 0.25) is 0 Å². The summed E-state index contributed by atoms with van der Waals surface area (Å²) in [5.74, 6) is -0.522. The fourth-order valence-corrected chi connectivity index (χ4v) is 3.36. The zero-order valence-electron chi connectivity index (χ0n) is 13.7. The Kier molecular flexibility index (Phi) is 4.18. The molecule has 8 heteroatoms. The van der Waals surface area contributed by atoms with E-state index in [-0.39, 0.29) is 18.2 Å². The van der Waals surface area contributed by atoms with Gasteiger partial charge in [0, 0.05) is 0 Å². The van der Waals surface area contributed by atoms with Crippen LogP contribution >= 0.6 is 11.3 Å². The molecule has 0 spiro atoms. The number of hydrogen-bond acceptors (Lipinski definition) is 6. The lowest BCUT2D eigenvalue weighted by Gasteiger charge is -2.01. The number of benzene rings is 2. The molecule has 0 radical (unpaired) electrons. The van der Waals surface area contributed by atoms with E-state index in [0.717, 1.165) is 10.2 Å². The predicted molar refractivity (Wildman–Crippen MR) is 94.8 cm³/mol. The molecule has 0 saturated heterocycles. The largest absolute Gasteiger partial charge is 0.452 e.